The number of anilines is 1. The Morgan fingerprint density at radius 1 is 1.10 bits per heavy atom. The molecule has 0 radical (unpaired) electrons. The van der Waals surface area contributed by atoms with Crippen LogP contribution >= 0.6 is 11.3 Å². The molecular formula is C20H17N5O3S. The Morgan fingerprint density at radius 2 is 1.90 bits per heavy atom. The normalized spacial score (nSPS) is 16.0. The zero-order valence-electron chi connectivity index (χ0n) is 15.2. The average Bonchev–Trinajstić information content (AvgIpc) is 3.30. The van der Waals surface area contributed by atoms with Crippen LogP contribution in [0.15, 0.2) is 60.1 Å². The number of carbonyl (C=O) groups excluding carboxylic acids is 3. The lowest BCUT2D eigenvalue weighted by atomic mass is 10.2. The van der Waals surface area contributed by atoms with Crippen LogP contribution in [0.25, 0.3) is 11.4 Å². The number of amides is 4. The molecule has 146 valence electrons. The number of hydrogen-bond donors (Lipinski definition) is 2. The van der Waals surface area contributed by atoms with Crippen LogP contribution in [0.4, 0.5) is 9.93 Å². The van der Waals surface area contributed by atoms with E-state index in [9.17, 15) is 14.4 Å². The lowest BCUT2D eigenvalue weighted by Crippen LogP contribution is -2.34. The Hall–Kier alpha value is -3.59. The number of benzene rings is 1. The van der Waals surface area contributed by atoms with Gasteiger partial charge in [0.25, 0.3) is 5.91 Å². The van der Waals surface area contributed by atoms with E-state index >= 15 is 0 Å². The number of nitrogens with zero attached hydrogens (tertiary/aromatic N) is 3. The predicted octanol–water partition coefficient (Wildman–Crippen LogP) is 2.65. The molecular weight excluding hydrogens is 390 g/mol. The molecule has 0 spiro atoms. The molecule has 3 heterocycles. The highest BCUT2D eigenvalue weighted by Crippen LogP contribution is 2.23. The first-order valence-electron chi connectivity index (χ1n) is 8.93. The minimum atomic E-state index is -0.888. The molecule has 1 aliphatic heterocycles. The van der Waals surface area contributed by atoms with Gasteiger partial charge in [-0.15, -0.1) is 11.3 Å². The van der Waals surface area contributed by atoms with Gasteiger partial charge in [0.15, 0.2) is 5.13 Å². The molecule has 1 atom stereocenters. The number of pyridine rings is 1. The van der Waals surface area contributed by atoms with Gasteiger partial charge in [-0.2, -0.15) is 0 Å². The van der Waals surface area contributed by atoms with E-state index in [0.717, 1.165) is 10.5 Å². The first-order valence-corrected chi connectivity index (χ1v) is 9.81. The van der Waals surface area contributed by atoms with Crippen LogP contribution in [0.2, 0.25) is 0 Å². The summed E-state index contributed by atoms with van der Waals surface area (Å²) >= 11 is 1.27. The number of aromatic nitrogens is 2. The van der Waals surface area contributed by atoms with Crippen LogP contribution in [-0.2, 0) is 16.1 Å². The third-order valence-corrected chi connectivity index (χ3v) is 5.12. The number of hydrogen-bond acceptors (Lipinski definition) is 6. The standard InChI is InChI=1S/C20H17N5O3S/c26-17(24-19-22-16(12-29-19)14-8-4-5-9-21-14)10-15-18(27)25(20(28)23-15)11-13-6-2-1-3-7-13/h1-9,12,15H,10-11H2,(H,23,28)(H,22,24,26). The zero-order valence-corrected chi connectivity index (χ0v) is 16.1. The molecule has 1 saturated heterocycles. The van der Waals surface area contributed by atoms with E-state index in [-0.39, 0.29) is 13.0 Å². The van der Waals surface area contributed by atoms with Gasteiger partial charge >= 0.3 is 6.03 Å². The summed E-state index contributed by atoms with van der Waals surface area (Å²) < 4.78 is 0. The third-order valence-electron chi connectivity index (χ3n) is 4.36. The molecule has 1 aromatic carbocycles. The monoisotopic (exact) mass is 407 g/mol. The van der Waals surface area contributed by atoms with Gasteiger partial charge in [-0.1, -0.05) is 36.4 Å². The SMILES string of the molecule is O=C(CC1NC(=O)N(Cc2ccccc2)C1=O)Nc1nc(-c2ccccn2)cs1. The molecule has 2 aromatic heterocycles. The van der Waals surface area contributed by atoms with E-state index in [1.807, 2.05) is 48.5 Å². The van der Waals surface area contributed by atoms with Crippen molar-refractivity contribution in [2.75, 3.05) is 5.32 Å². The smallest absolute Gasteiger partial charge is 0.325 e. The summed E-state index contributed by atoms with van der Waals surface area (Å²) in [6.07, 6.45) is 1.51. The summed E-state index contributed by atoms with van der Waals surface area (Å²) in [7, 11) is 0. The highest BCUT2D eigenvalue weighted by molar-refractivity contribution is 7.14. The van der Waals surface area contributed by atoms with Gasteiger partial charge in [0.05, 0.1) is 18.7 Å². The lowest BCUT2D eigenvalue weighted by Gasteiger charge is -2.12. The summed E-state index contributed by atoms with van der Waals surface area (Å²) in [5, 5.41) is 7.45. The van der Waals surface area contributed by atoms with Crippen molar-refractivity contribution >= 4 is 34.3 Å². The molecule has 29 heavy (non-hydrogen) atoms. The maximum absolute atomic E-state index is 12.5. The van der Waals surface area contributed by atoms with E-state index in [1.165, 1.54) is 11.3 Å². The Labute approximate surface area is 170 Å². The topological polar surface area (TPSA) is 104 Å². The zero-order chi connectivity index (χ0) is 20.2. The third kappa shape index (κ3) is 4.30. The van der Waals surface area contributed by atoms with Gasteiger partial charge in [0, 0.05) is 11.6 Å². The van der Waals surface area contributed by atoms with Crippen molar-refractivity contribution in [2.24, 2.45) is 0 Å². The lowest BCUT2D eigenvalue weighted by molar-refractivity contribution is -0.130. The van der Waals surface area contributed by atoms with Crippen LogP contribution in [0, 0.1) is 0 Å². The van der Waals surface area contributed by atoms with Gasteiger partial charge in [-0.05, 0) is 17.7 Å². The van der Waals surface area contributed by atoms with Crippen LogP contribution in [0.1, 0.15) is 12.0 Å². The average molecular weight is 407 g/mol. The molecule has 9 heteroatoms. The number of rotatable bonds is 6. The fourth-order valence-electron chi connectivity index (χ4n) is 2.95. The molecule has 0 aliphatic carbocycles. The van der Waals surface area contributed by atoms with Crippen molar-refractivity contribution in [1.82, 2.24) is 20.2 Å². The highest BCUT2D eigenvalue weighted by Gasteiger charge is 2.39. The quantitative estimate of drug-likeness (QED) is 0.612. The van der Waals surface area contributed by atoms with Crippen molar-refractivity contribution < 1.29 is 14.4 Å². The second-order valence-corrected chi connectivity index (χ2v) is 7.28. The van der Waals surface area contributed by atoms with Crippen LogP contribution in [0.5, 0.6) is 0 Å². The second-order valence-electron chi connectivity index (χ2n) is 6.42. The summed E-state index contributed by atoms with van der Waals surface area (Å²) in [6.45, 7) is 0.170. The number of urea groups is 1. The van der Waals surface area contributed by atoms with Crippen molar-refractivity contribution in [3.8, 4) is 11.4 Å². The summed E-state index contributed by atoms with van der Waals surface area (Å²) in [6, 6.07) is 13.3. The maximum atomic E-state index is 12.5. The van der Waals surface area contributed by atoms with E-state index < -0.39 is 23.9 Å². The highest BCUT2D eigenvalue weighted by atomic mass is 32.1. The predicted molar refractivity (Wildman–Crippen MR) is 108 cm³/mol. The molecule has 4 rings (SSSR count). The molecule has 1 unspecified atom stereocenters. The largest absolute Gasteiger partial charge is 0.325 e. The van der Waals surface area contributed by atoms with Crippen molar-refractivity contribution in [2.45, 2.75) is 19.0 Å². The second kappa shape index (κ2) is 8.19. The van der Waals surface area contributed by atoms with Gasteiger partial charge in [0.1, 0.15) is 11.7 Å². The van der Waals surface area contributed by atoms with Crippen molar-refractivity contribution in [3.05, 3.63) is 65.7 Å². The van der Waals surface area contributed by atoms with Crippen LogP contribution < -0.4 is 10.6 Å². The summed E-state index contributed by atoms with van der Waals surface area (Å²) in [5.74, 6) is -0.811. The first-order chi connectivity index (χ1) is 14.1. The number of imide groups is 1. The van der Waals surface area contributed by atoms with E-state index in [1.54, 1.807) is 11.6 Å². The van der Waals surface area contributed by atoms with Gasteiger partial charge in [-0.25, -0.2) is 9.78 Å². The Balaban J connectivity index is 1.36. The Bertz CT molecular complexity index is 1040. The number of carbonyl (C=O) groups is 3. The van der Waals surface area contributed by atoms with Gasteiger partial charge in [0.2, 0.25) is 5.91 Å². The molecule has 0 bridgehead atoms. The van der Waals surface area contributed by atoms with Gasteiger partial charge < -0.3 is 10.6 Å². The van der Waals surface area contributed by atoms with Crippen LogP contribution in [0.3, 0.4) is 0 Å². The van der Waals surface area contributed by atoms with Crippen LogP contribution in [-0.4, -0.2) is 38.8 Å². The van der Waals surface area contributed by atoms with E-state index in [4.69, 9.17) is 0 Å². The summed E-state index contributed by atoms with van der Waals surface area (Å²) in [5.41, 5.74) is 2.20. The van der Waals surface area contributed by atoms with E-state index in [2.05, 4.69) is 20.6 Å². The van der Waals surface area contributed by atoms with Crippen molar-refractivity contribution in [3.63, 3.8) is 0 Å². The number of thiazole rings is 1. The minimum absolute atomic E-state index is 0.158. The Morgan fingerprint density at radius 3 is 2.66 bits per heavy atom. The van der Waals surface area contributed by atoms with E-state index in [0.29, 0.717) is 16.5 Å². The number of nitrogens with one attached hydrogen (secondary N) is 2. The maximum Gasteiger partial charge on any atom is 0.325 e. The fourth-order valence-corrected chi connectivity index (χ4v) is 3.67. The fraction of sp³-hybridized carbons (Fsp3) is 0.150. The first kappa shape index (κ1) is 18.8. The minimum Gasteiger partial charge on any atom is -0.325 e. The molecule has 8 nitrogen and oxygen atoms in total. The molecule has 1 fully saturated rings. The van der Waals surface area contributed by atoms with Crippen molar-refractivity contribution in [1.29, 1.82) is 0 Å². The molecule has 1 aliphatic rings. The molecule has 4 amide bonds. The molecule has 2 N–H and O–H groups in total. The molecule has 0 saturated carbocycles. The summed E-state index contributed by atoms with van der Waals surface area (Å²) in [4.78, 5) is 46.7. The van der Waals surface area contributed by atoms with Gasteiger partial charge in [-0.3, -0.25) is 19.5 Å². The molecule has 3 aromatic rings. The Kier molecular flexibility index (Phi) is 5.30.